The fourth-order valence-corrected chi connectivity index (χ4v) is 4.63. The van der Waals surface area contributed by atoms with Crippen molar-refractivity contribution in [2.24, 2.45) is 0 Å². The Bertz CT molecular complexity index is 1380. The van der Waals surface area contributed by atoms with E-state index in [1.54, 1.807) is 25.7 Å². The zero-order chi connectivity index (χ0) is 25.4. The number of carbonyl (C=O) groups excluding carboxylic acids is 1. The van der Waals surface area contributed by atoms with Crippen LogP contribution in [0, 0.1) is 6.92 Å². The maximum absolute atomic E-state index is 12.4. The maximum atomic E-state index is 12.4. The van der Waals surface area contributed by atoms with E-state index in [4.69, 9.17) is 9.51 Å². The van der Waals surface area contributed by atoms with Crippen molar-refractivity contribution < 1.29 is 14.4 Å². The number of aryl methyl sites for hydroxylation is 1. The number of nitrogens with one attached hydrogen (secondary N) is 1. The van der Waals surface area contributed by atoms with Crippen LogP contribution >= 0.6 is 0 Å². The molecule has 1 aromatic carbocycles. The number of aromatic amines is 1. The van der Waals surface area contributed by atoms with Crippen LogP contribution < -0.4 is 0 Å². The summed E-state index contributed by atoms with van der Waals surface area (Å²) in [6.45, 7) is 9.77. The third-order valence-corrected chi connectivity index (χ3v) is 6.65. The van der Waals surface area contributed by atoms with Crippen molar-refractivity contribution in [3.05, 3.63) is 59.4 Å². The number of pyridine rings is 1. The molecule has 10 heteroatoms. The molecule has 1 aliphatic rings. The van der Waals surface area contributed by atoms with Gasteiger partial charge in [-0.2, -0.15) is 4.98 Å². The number of piperazine rings is 1. The second-order valence-electron chi connectivity index (χ2n) is 9.88. The van der Waals surface area contributed by atoms with Crippen LogP contribution in [0.4, 0.5) is 0 Å². The van der Waals surface area contributed by atoms with Gasteiger partial charge in [0.25, 0.3) is 11.8 Å². The molecule has 3 aromatic heterocycles. The number of fused-ring (bicyclic) bond motifs is 1. The standard InChI is InChI=1S/C26H31N7O3/c1-16(32-9-11-33(12-10-32)25(34)26(3,4)35)18-7-8-27-20(13-18)15-23-29-21-6-5-19(14-22(21)30-23)24-28-17(2)31-36-24/h5-8,13-14,16,35H,9-12,15H2,1-4H3,(H,29,30). The van der Waals surface area contributed by atoms with Crippen molar-refractivity contribution in [1.82, 2.24) is 34.9 Å². The molecule has 1 amide bonds. The monoisotopic (exact) mass is 489 g/mol. The fourth-order valence-electron chi connectivity index (χ4n) is 4.63. The minimum absolute atomic E-state index is 0.183. The third kappa shape index (κ3) is 5.00. The Hall–Kier alpha value is -3.63. The molecule has 5 rings (SSSR count). The molecule has 1 saturated heterocycles. The number of aromatic nitrogens is 5. The summed E-state index contributed by atoms with van der Waals surface area (Å²) < 4.78 is 5.28. The molecule has 1 fully saturated rings. The molecule has 10 nitrogen and oxygen atoms in total. The number of rotatable bonds is 6. The van der Waals surface area contributed by atoms with Crippen molar-refractivity contribution in [2.75, 3.05) is 26.2 Å². The van der Waals surface area contributed by atoms with Crippen molar-refractivity contribution in [3.8, 4) is 11.5 Å². The molecule has 0 aliphatic carbocycles. The second-order valence-corrected chi connectivity index (χ2v) is 9.88. The zero-order valence-electron chi connectivity index (χ0n) is 21.0. The van der Waals surface area contributed by atoms with Gasteiger partial charge < -0.3 is 19.5 Å². The van der Waals surface area contributed by atoms with E-state index >= 15 is 0 Å². The minimum Gasteiger partial charge on any atom is -0.381 e. The summed E-state index contributed by atoms with van der Waals surface area (Å²) in [5.41, 5.74) is 3.39. The molecular weight excluding hydrogens is 458 g/mol. The van der Waals surface area contributed by atoms with Gasteiger partial charge in [-0.05, 0) is 63.6 Å². The van der Waals surface area contributed by atoms with Gasteiger partial charge in [-0.1, -0.05) is 5.16 Å². The number of nitrogens with zero attached hydrogens (tertiary/aromatic N) is 6. The Labute approximate surface area is 209 Å². The van der Waals surface area contributed by atoms with Crippen LogP contribution in [0.3, 0.4) is 0 Å². The molecule has 2 N–H and O–H groups in total. The van der Waals surface area contributed by atoms with Crippen molar-refractivity contribution >= 4 is 16.9 Å². The van der Waals surface area contributed by atoms with Gasteiger partial charge in [0.15, 0.2) is 5.82 Å². The molecule has 1 aliphatic heterocycles. The Morgan fingerprint density at radius 1 is 1.17 bits per heavy atom. The highest BCUT2D eigenvalue weighted by molar-refractivity contribution is 5.84. The van der Waals surface area contributed by atoms with Gasteiger partial charge in [0.2, 0.25) is 0 Å². The van der Waals surface area contributed by atoms with Gasteiger partial charge in [-0.3, -0.25) is 14.7 Å². The average Bonchev–Trinajstić information content (AvgIpc) is 3.47. The average molecular weight is 490 g/mol. The number of amides is 1. The van der Waals surface area contributed by atoms with Crippen LogP contribution in [0.25, 0.3) is 22.5 Å². The largest absolute Gasteiger partial charge is 0.381 e. The van der Waals surface area contributed by atoms with E-state index in [-0.39, 0.29) is 11.9 Å². The first-order valence-corrected chi connectivity index (χ1v) is 12.2. The molecule has 0 bridgehead atoms. The number of imidazole rings is 1. The number of H-pyrrole nitrogens is 1. The number of benzene rings is 1. The Balaban J connectivity index is 1.26. The lowest BCUT2D eigenvalue weighted by molar-refractivity contribution is -0.149. The predicted molar refractivity (Wildman–Crippen MR) is 134 cm³/mol. The third-order valence-electron chi connectivity index (χ3n) is 6.65. The van der Waals surface area contributed by atoms with Gasteiger partial charge in [0, 0.05) is 56.1 Å². The second kappa shape index (κ2) is 9.44. The molecule has 4 heterocycles. The lowest BCUT2D eigenvalue weighted by Gasteiger charge is -2.39. The molecule has 1 atom stereocenters. The Morgan fingerprint density at radius 2 is 1.94 bits per heavy atom. The number of hydrogen-bond acceptors (Lipinski definition) is 8. The number of carbonyl (C=O) groups is 1. The van der Waals surface area contributed by atoms with Crippen LogP contribution in [-0.4, -0.2) is 77.7 Å². The Morgan fingerprint density at radius 3 is 2.64 bits per heavy atom. The Kier molecular flexibility index (Phi) is 6.31. The predicted octanol–water partition coefficient (Wildman–Crippen LogP) is 2.88. The molecule has 0 saturated carbocycles. The highest BCUT2D eigenvalue weighted by atomic mass is 16.5. The van der Waals surface area contributed by atoms with Crippen LogP contribution in [0.15, 0.2) is 41.1 Å². The van der Waals surface area contributed by atoms with Gasteiger partial charge in [-0.25, -0.2) is 4.98 Å². The molecule has 0 spiro atoms. The molecule has 36 heavy (non-hydrogen) atoms. The minimum atomic E-state index is -1.34. The quantitative estimate of drug-likeness (QED) is 0.424. The van der Waals surface area contributed by atoms with E-state index in [9.17, 15) is 9.90 Å². The fraction of sp³-hybridized carbons (Fsp3) is 0.423. The smallest absolute Gasteiger partial charge is 0.257 e. The van der Waals surface area contributed by atoms with E-state index in [0.717, 1.165) is 41.2 Å². The topological polar surface area (TPSA) is 124 Å². The number of aliphatic hydroxyl groups is 1. The summed E-state index contributed by atoms with van der Waals surface area (Å²) in [5, 5.41) is 13.9. The SMILES string of the molecule is Cc1noc(-c2ccc3nc(Cc4cc(C(C)N5CCN(C(=O)C(C)(C)O)CC5)ccn4)[nH]c3c2)n1. The molecule has 188 valence electrons. The molecule has 0 radical (unpaired) electrons. The lowest BCUT2D eigenvalue weighted by Crippen LogP contribution is -2.54. The summed E-state index contributed by atoms with van der Waals surface area (Å²) in [6, 6.07) is 10.2. The maximum Gasteiger partial charge on any atom is 0.257 e. The normalized spacial score (nSPS) is 16.0. The van der Waals surface area contributed by atoms with Crippen LogP contribution in [-0.2, 0) is 11.2 Å². The van der Waals surface area contributed by atoms with Crippen molar-refractivity contribution in [2.45, 2.75) is 45.8 Å². The van der Waals surface area contributed by atoms with Crippen LogP contribution in [0.5, 0.6) is 0 Å². The summed E-state index contributed by atoms with van der Waals surface area (Å²) in [5.74, 6) is 1.70. The van der Waals surface area contributed by atoms with E-state index in [1.165, 1.54) is 5.56 Å². The van der Waals surface area contributed by atoms with Gasteiger partial charge in [0.1, 0.15) is 11.4 Å². The van der Waals surface area contributed by atoms with Crippen molar-refractivity contribution in [1.29, 1.82) is 0 Å². The lowest BCUT2D eigenvalue weighted by atomic mass is 10.0. The highest BCUT2D eigenvalue weighted by Gasteiger charge is 2.32. The summed E-state index contributed by atoms with van der Waals surface area (Å²) in [7, 11) is 0. The van der Waals surface area contributed by atoms with E-state index in [2.05, 4.69) is 38.0 Å². The van der Waals surface area contributed by atoms with Crippen LogP contribution in [0.1, 0.15) is 49.7 Å². The first-order chi connectivity index (χ1) is 17.2. The van der Waals surface area contributed by atoms with Crippen LogP contribution in [0.2, 0.25) is 0 Å². The molecule has 1 unspecified atom stereocenters. The highest BCUT2D eigenvalue weighted by Crippen LogP contribution is 2.25. The van der Waals surface area contributed by atoms with E-state index in [1.807, 2.05) is 30.5 Å². The summed E-state index contributed by atoms with van der Waals surface area (Å²) >= 11 is 0. The summed E-state index contributed by atoms with van der Waals surface area (Å²) in [6.07, 6.45) is 2.42. The van der Waals surface area contributed by atoms with Gasteiger partial charge in [-0.15, -0.1) is 0 Å². The first kappa shape index (κ1) is 24.1. The van der Waals surface area contributed by atoms with Gasteiger partial charge in [0.05, 0.1) is 11.0 Å². The molecular formula is C26H31N7O3. The zero-order valence-corrected chi connectivity index (χ0v) is 21.0. The van der Waals surface area contributed by atoms with Gasteiger partial charge >= 0.3 is 0 Å². The summed E-state index contributed by atoms with van der Waals surface area (Å²) in [4.78, 5) is 33.5. The van der Waals surface area contributed by atoms with E-state index in [0.29, 0.717) is 31.2 Å². The first-order valence-electron chi connectivity index (χ1n) is 12.2. The molecule has 4 aromatic rings. The number of hydrogen-bond donors (Lipinski definition) is 2. The van der Waals surface area contributed by atoms with Crippen molar-refractivity contribution in [3.63, 3.8) is 0 Å². The van der Waals surface area contributed by atoms with E-state index < -0.39 is 5.60 Å².